The second-order valence-electron chi connectivity index (χ2n) is 4.28. The second-order valence-corrected chi connectivity index (χ2v) is 4.28. The van der Waals surface area contributed by atoms with Gasteiger partial charge in [0.2, 0.25) is 5.60 Å². The van der Waals surface area contributed by atoms with Crippen LogP contribution in [0.4, 0.5) is 17.6 Å². The van der Waals surface area contributed by atoms with Crippen molar-refractivity contribution < 1.29 is 27.0 Å². The van der Waals surface area contributed by atoms with Gasteiger partial charge in [-0.3, -0.25) is 0 Å². The molecule has 2 aliphatic rings. The fourth-order valence-corrected chi connectivity index (χ4v) is 2.48. The maximum atomic E-state index is 13.8. The van der Waals surface area contributed by atoms with Crippen LogP contribution < -0.4 is 0 Å². The molecule has 3 atom stereocenters. The van der Waals surface area contributed by atoms with E-state index in [2.05, 4.69) is 6.58 Å². The van der Waals surface area contributed by atoms with Crippen LogP contribution in [0.5, 0.6) is 0 Å². The predicted octanol–water partition coefficient (Wildman–Crippen LogP) is 2.59. The number of rotatable bonds is 3. The lowest BCUT2D eigenvalue weighted by Crippen LogP contribution is -2.58. The van der Waals surface area contributed by atoms with Gasteiger partial charge in [0.05, 0.1) is 12.9 Å². The van der Waals surface area contributed by atoms with Gasteiger partial charge in [-0.25, -0.2) is 0 Å². The van der Waals surface area contributed by atoms with Crippen LogP contribution in [-0.4, -0.2) is 30.2 Å². The van der Waals surface area contributed by atoms with Crippen molar-refractivity contribution in [1.82, 2.24) is 0 Å². The predicted molar refractivity (Wildman–Crippen MR) is 47.4 cm³/mol. The van der Waals surface area contributed by atoms with Crippen LogP contribution in [0, 0.1) is 5.92 Å². The highest BCUT2D eigenvalue weighted by atomic mass is 19.3. The summed E-state index contributed by atoms with van der Waals surface area (Å²) in [6.45, 7) is 4.51. The van der Waals surface area contributed by atoms with E-state index in [9.17, 15) is 17.6 Å². The van der Waals surface area contributed by atoms with E-state index < -0.39 is 35.9 Å². The summed E-state index contributed by atoms with van der Waals surface area (Å²) >= 11 is 0. The van der Waals surface area contributed by atoms with Crippen molar-refractivity contribution in [3.8, 4) is 0 Å². The van der Waals surface area contributed by atoms with Crippen LogP contribution in [0.25, 0.3) is 0 Å². The Morgan fingerprint density at radius 3 is 2.25 bits per heavy atom. The van der Waals surface area contributed by atoms with Gasteiger partial charge >= 0.3 is 11.8 Å². The molecule has 3 unspecified atom stereocenters. The fourth-order valence-electron chi connectivity index (χ4n) is 2.48. The van der Waals surface area contributed by atoms with Crippen molar-refractivity contribution in [2.75, 3.05) is 6.61 Å². The van der Waals surface area contributed by atoms with Gasteiger partial charge in [0.1, 0.15) is 6.10 Å². The molecule has 1 saturated heterocycles. The molecule has 2 nitrogen and oxygen atoms in total. The van der Waals surface area contributed by atoms with E-state index in [1.165, 1.54) is 6.92 Å². The number of ether oxygens (including phenoxy) is 2. The summed E-state index contributed by atoms with van der Waals surface area (Å²) in [5.41, 5.74) is -2.28. The molecule has 0 amide bonds. The van der Waals surface area contributed by atoms with E-state index in [0.29, 0.717) is 0 Å². The molecule has 0 radical (unpaired) electrons. The average molecular weight is 240 g/mol. The Bertz CT molecular complexity index is 314. The number of epoxide rings is 1. The molecule has 0 aromatic carbocycles. The van der Waals surface area contributed by atoms with E-state index in [1.54, 1.807) is 0 Å². The minimum Gasteiger partial charge on any atom is -0.486 e. The highest BCUT2D eigenvalue weighted by Crippen LogP contribution is 2.61. The van der Waals surface area contributed by atoms with Crippen LogP contribution in [0.3, 0.4) is 0 Å². The lowest BCUT2D eigenvalue weighted by atomic mass is 9.86. The maximum absolute atomic E-state index is 13.8. The molecule has 6 heteroatoms. The molecule has 2 rings (SSSR count). The molecule has 0 N–H and O–H groups in total. The summed E-state index contributed by atoms with van der Waals surface area (Å²) in [7, 11) is 0. The van der Waals surface area contributed by atoms with Crippen molar-refractivity contribution >= 4 is 0 Å². The third kappa shape index (κ3) is 1.16. The van der Waals surface area contributed by atoms with Gasteiger partial charge in [-0.05, 0) is 0 Å². The standard InChI is InChI=1S/C10H12F4O2/c1-3-16-9(7-5-15-7)6(2)4-8(11,12)10(9,13)14/h3,6-7H,1,4-5H2,2H3. The average Bonchev–Trinajstić information content (AvgIpc) is 2.92. The van der Waals surface area contributed by atoms with Gasteiger partial charge in [-0.2, -0.15) is 17.6 Å². The first-order valence-corrected chi connectivity index (χ1v) is 4.95. The molecule has 1 heterocycles. The summed E-state index contributed by atoms with van der Waals surface area (Å²) < 4.78 is 63.6. The van der Waals surface area contributed by atoms with Crippen molar-refractivity contribution in [2.24, 2.45) is 5.92 Å². The molecule has 1 saturated carbocycles. The Hall–Kier alpha value is -0.780. The van der Waals surface area contributed by atoms with Crippen LogP contribution >= 0.6 is 0 Å². The van der Waals surface area contributed by atoms with Crippen LogP contribution in [0.1, 0.15) is 13.3 Å². The molecule has 0 spiro atoms. The topological polar surface area (TPSA) is 21.8 Å². The molecular weight excluding hydrogens is 228 g/mol. The van der Waals surface area contributed by atoms with Gasteiger partial charge in [0.25, 0.3) is 0 Å². The zero-order valence-electron chi connectivity index (χ0n) is 8.68. The monoisotopic (exact) mass is 240 g/mol. The van der Waals surface area contributed by atoms with Crippen molar-refractivity contribution in [3.63, 3.8) is 0 Å². The number of alkyl halides is 4. The molecule has 0 aromatic heterocycles. The zero-order valence-corrected chi connectivity index (χ0v) is 8.68. The molecule has 2 fully saturated rings. The Morgan fingerprint density at radius 1 is 1.38 bits per heavy atom. The smallest absolute Gasteiger partial charge is 0.351 e. The summed E-state index contributed by atoms with van der Waals surface area (Å²) in [5.74, 6) is -9.31. The van der Waals surface area contributed by atoms with Crippen molar-refractivity contribution in [3.05, 3.63) is 12.8 Å². The molecule has 92 valence electrons. The maximum Gasteiger partial charge on any atom is 0.351 e. The third-order valence-corrected chi connectivity index (χ3v) is 3.33. The lowest BCUT2D eigenvalue weighted by molar-refractivity contribution is -0.265. The summed E-state index contributed by atoms with van der Waals surface area (Å²) in [6, 6.07) is 0. The highest BCUT2D eigenvalue weighted by Gasteiger charge is 2.82. The molecular formula is C10H12F4O2. The first-order chi connectivity index (χ1) is 7.29. The van der Waals surface area contributed by atoms with Gasteiger partial charge < -0.3 is 9.47 Å². The summed E-state index contributed by atoms with van der Waals surface area (Å²) in [6.07, 6.45) is -1.11. The summed E-state index contributed by atoms with van der Waals surface area (Å²) in [5, 5.41) is 0. The lowest BCUT2D eigenvalue weighted by Gasteiger charge is -2.36. The molecule has 1 aliphatic carbocycles. The molecule has 0 bridgehead atoms. The van der Waals surface area contributed by atoms with Gasteiger partial charge in [-0.15, -0.1) is 0 Å². The fraction of sp³-hybridized carbons (Fsp3) is 0.800. The second kappa shape index (κ2) is 3.12. The van der Waals surface area contributed by atoms with E-state index in [0.717, 1.165) is 6.26 Å². The highest BCUT2D eigenvalue weighted by molar-refractivity contribution is 5.19. The van der Waals surface area contributed by atoms with Crippen LogP contribution in [0.15, 0.2) is 12.8 Å². The van der Waals surface area contributed by atoms with Crippen molar-refractivity contribution in [2.45, 2.75) is 36.9 Å². The van der Waals surface area contributed by atoms with Crippen molar-refractivity contribution in [1.29, 1.82) is 0 Å². The SMILES string of the molecule is C=COC1(C2CO2)C(C)CC(F)(F)C1(F)F. The van der Waals surface area contributed by atoms with Crippen LogP contribution in [0.2, 0.25) is 0 Å². The molecule has 0 aromatic rings. The minimum absolute atomic E-state index is 0.0177. The molecule has 1 aliphatic heterocycles. The first-order valence-electron chi connectivity index (χ1n) is 4.95. The minimum atomic E-state index is -4.24. The van der Waals surface area contributed by atoms with Gasteiger partial charge in [0.15, 0.2) is 0 Å². The number of hydrogen-bond acceptors (Lipinski definition) is 2. The number of hydrogen-bond donors (Lipinski definition) is 0. The third-order valence-electron chi connectivity index (χ3n) is 3.33. The van der Waals surface area contributed by atoms with E-state index in [4.69, 9.17) is 9.47 Å². The largest absolute Gasteiger partial charge is 0.486 e. The Balaban J connectivity index is 2.46. The quantitative estimate of drug-likeness (QED) is 0.429. The summed E-state index contributed by atoms with van der Waals surface area (Å²) in [4.78, 5) is 0. The van der Waals surface area contributed by atoms with Gasteiger partial charge in [0, 0.05) is 12.3 Å². The van der Waals surface area contributed by atoms with E-state index >= 15 is 0 Å². The molecule has 16 heavy (non-hydrogen) atoms. The Kier molecular flexibility index (Phi) is 2.28. The Labute approximate surface area is 90.2 Å². The van der Waals surface area contributed by atoms with Crippen LogP contribution in [-0.2, 0) is 9.47 Å². The normalized spacial score (nSPS) is 44.1. The van der Waals surface area contributed by atoms with Gasteiger partial charge in [-0.1, -0.05) is 13.5 Å². The van der Waals surface area contributed by atoms with E-state index in [1.807, 2.05) is 0 Å². The Morgan fingerprint density at radius 2 is 1.94 bits per heavy atom. The number of halogens is 4. The zero-order chi connectivity index (χ0) is 12.2. The van der Waals surface area contributed by atoms with E-state index in [-0.39, 0.29) is 6.61 Å². The first kappa shape index (κ1) is 11.7.